The van der Waals surface area contributed by atoms with Gasteiger partial charge in [-0.05, 0) is 16.6 Å². The Hall–Kier alpha value is -1.87. The topological polar surface area (TPSA) is 33.1 Å². The Morgan fingerprint density at radius 1 is 1.00 bits per heavy atom. The number of hydrogen-bond acceptors (Lipinski definition) is 2. The van der Waals surface area contributed by atoms with Gasteiger partial charge in [-0.2, -0.15) is 0 Å². The van der Waals surface area contributed by atoms with Gasteiger partial charge < -0.3 is 5.11 Å². The molecule has 96 valence electrons. The van der Waals surface area contributed by atoms with Gasteiger partial charge in [0.15, 0.2) is 0 Å². The molecule has 0 aliphatic heterocycles. The van der Waals surface area contributed by atoms with Crippen molar-refractivity contribution < 1.29 is 5.11 Å². The fourth-order valence-corrected chi connectivity index (χ4v) is 3.95. The molecule has 0 atom stereocenters. The molecule has 1 N–H and O–H groups in total. The van der Waals surface area contributed by atoms with E-state index in [1.54, 1.807) is 0 Å². The monoisotopic (exact) mass is 267 g/mol. The van der Waals surface area contributed by atoms with E-state index in [-0.39, 0.29) is 0 Å². The lowest BCUT2D eigenvalue weighted by Crippen LogP contribution is -2.37. The number of rotatable bonds is 1. The van der Waals surface area contributed by atoms with E-state index in [9.17, 15) is 5.11 Å². The second kappa shape index (κ2) is 4.07. The minimum atomic E-state index is -1.56. The normalized spacial score (nSPS) is 12.2. The average Bonchev–Trinajstić information content (AvgIpc) is 2.37. The van der Waals surface area contributed by atoms with Crippen molar-refractivity contribution in [3.05, 3.63) is 42.6 Å². The first kappa shape index (κ1) is 12.2. The highest BCUT2D eigenvalue weighted by Gasteiger charge is 2.22. The molecule has 1 heterocycles. The highest BCUT2D eigenvalue weighted by molar-refractivity contribution is 6.89. The van der Waals surface area contributed by atoms with E-state index < -0.39 is 8.07 Å². The zero-order chi connectivity index (χ0) is 13.6. The van der Waals surface area contributed by atoms with Crippen molar-refractivity contribution in [1.82, 2.24) is 4.98 Å². The van der Waals surface area contributed by atoms with E-state index in [1.165, 1.54) is 0 Å². The van der Waals surface area contributed by atoms with E-state index in [4.69, 9.17) is 0 Å². The van der Waals surface area contributed by atoms with Crippen molar-refractivity contribution in [3.63, 3.8) is 0 Å². The SMILES string of the molecule is C[Si](C)(C)c1ccc2ncc3ccccc3c2c1O. The standard InChI is InChI=1S/C16H17NOSi/c1-19(2,3)14-9-8-13-15(16(14)18)12-7-5-4-6-11(12)10-17-13/h4-10,18H,1-3H3. The molecule has 0 amide bonds. The number of benzene rings is 2. The van der Waals surface area contributed by atoms with Gasteiger partial charge >= 0.3 is 0 Å². The van der Waals surface area contributed by atoms with Crippen LogP contribution in [0.3, 0.4) is 0 Å². The van der Waals surface area contributed by atoms with Crippen LogP contribution in [-0.2, 0) is 0 Å². The Morgan fingerprint density at radius 3 is 2.47 bits per heavy atom. The van der Waals surface area contributed by atoms with Crippen LogP contribution in [0.25, 0.3) is 21.7 Å². The van der Waals surface area contributed by atoms with Crippen LogP contribution in [-0.4, -0.2) is 18.2 Å². The van der Waals surface area contributed by atoms with Crippen molar-refractivity contribution in [2.75, 3.05) is 0 Å². The molecule has 0 aliphatic carbocycles. The summed E-state index contributed by atoms with van der Waals surface area (Å²) in [7, 11) is -1.56. The van der Waals surface area contributed by atoms with Crippen LogP contribution in [0.1, 0.15) is 0 Å². The molecule has 2 aromatic carbocycles. The summed E-state index contributed by atoms with van der Waals surface area (Å²) in [6.45, 7) is 6.73. The molecule has 0 fully saturated rings. The third-order valence-electron chi connectivity index (χ3n) is 3.54. The van der Waals surface area contributed by atoms with Gasteiger partial charge in [-0.15, -0.1) is 0 Å². The molecule has 0 spiro atoms. The predicted octanol–water partition coefficient (Wildman–Crippen LogP) is 3.64. The second-order valence-corrected chi connectivity index (χ2v) is 11.0. The van der Waals surface area contributed by atoms with Crippen LogP contribution in [0.5, 0.6) is 5.75 Å². The fourth-order valence-electron chi connectivity index (χ4n) is 2.54. The van der Waals surface area contributed by atoms with Crippen LogP contribution in [0.4, 0.5) is 0 Å². The van der Waals surface area contributed by atoms with E-state index in [0.717, 1.165) is 26.9 Å². The highest BCUT2D eigenvalue weighted by atomic mass is 28.3. The number of aromatic hydroxyl groups is 1. The summed E-state index contributed by atoms with van der Waals surface area (Å²) in [5.74, 6) is 0.418. The zero-order valence-corrected chi connectivity index (χ0v) is 12.4. The molecular formula is C16H17NOSi. The maximum atomic E-state index is 10.7. The van der Waals surface area contributed by atoms with Crippen molar-refractivity contribution in [3.8, 4) is 5.75 Å². The first-order valence-electron chi connectivity index (χ1n) is 6.48. The van der Waals surface area contributed by atoms with Gasteiger partial charge in [-0.3, -0.25) is 4.98 Å². The summed E-state index contributed by atoms with van der Waals surface area (Å²) in [6.07, 6.45) is 1.87. The van der Waals surface area contributed by atoms with Crippen molar-refractivity contribution in [2.24, 2.45) is 0 Å². The summed E-state index contributed by atoms with van der Waals surface area (Å²) in [6, 6.07) is 12.1. The third kappa shape index (κ3) is 1.90. The lowest BCUT2D eigenvalue weighted by atomic mass is 10.1. The second-order valence-electron chi connectivity index (χ2n) is 5.95. The number of phenolic OH excluding ortho intramolecular Hbond substituents is 1. The summed E-state index contributed by atoms with van der Waals surface area (Å²) >= 11 is 0. The number of nitrogens with zero attached hydrogens (tertiary/aromatic N) is 1. The van der Waals surface area contributed by atoms with Crippen LogP contribution in [0.2, 0.25) is 19.6 Å². The smallest absolute Gasteiger partial charge is 0.124 e. The number of pyridine rings is 1. The van der Waals surface area contributed by atoms with Gasteiger partial charge in [-0.1, -0.05) is 50.0 Å². The van der Waals surface area contributed by atoms with Gasteiger partial charge in [0.1, 0.15) is 5.75 Å². The molecule has 3 aromatic rings. The Morgan fingerprint density at radius 2 is 1.74 bits per heavy atom. The molecule has 2 nitrogen and oxygen atoms in total. The Kier molecular flexibility index (Phi) is 2.61. The fraction of sp³-hybridized carbons (Fsp3) is 0.188. The van der Waals surface area contributed by atoms with Crippen molar-refractivity contribution in [2.45, 2.75) is 19.6 Å². The van der Waals surface area contributed by atoms with Gasteiger partial charge in [0.2, 0.25) is 0 Å². The predicted molar refractivity (Wildman–Crippen MR) is 83.9 cm³/mol. The number of fused-ring (bicyclic) bond motifs is 3. The van der Waals surface area contributed by atoms with Gasteiger partial charge in [-0.25, -0.2) is 0 Å². The molecule has 0 saturated heterocycles. The molecule has 0 unspecified atom stereocenters. The molecule has 0 saturated carbocycles. The maximum Gasteiger partial charge on any atom is 0.124 e. The molecule has 0 aliphatic rings. The van der Waals surface area contributed by atoms with Crippen LogP contribution in [0.15, 0.2) is 42.6 Å². The summed E-state index contributed by atoms with van der Waals surface area (Å²) in [5.41, 5.74) is 0.859. The van der Waals surface area contributed by atoms with E-state index in [0.29, 0.717) is 5.75 Å². The molecule has 19 heavy (non-hydrogen) atoms. The quantitative estimate of drug-likeness (QED) is 0.539. The van der Waals surface area contributed by atoms with Gasteiger partial charge in [0.05, 0.1) is 13.6 Å². The summed E-state index contributed by atoms with van der Waals surface area (Å²) in [4.78, 5) is 4.45. The Bertz CT molecular complexity index is 775. The largest absolute Gasteiger partial charge is 0.507 e. The molecule has 1 aromatic heterocycles. The van der Waals surface area contributed by atoms with Crippen LogP contribution in [0, 0.1) is 0 Å². The Labute approximate surface area is 113 Å². The summed E-state index contributed by atoms with van der Waals surface area (Å²) in [5, 5.41) is 14.8. The lowest BCUT2D eigenvalue weighted by Gasteiger charge is -2.19. The van der Waals surface area contributed by atoms with E-state index in [2.05, 4.69) is 24.6 Å². The molecule has 0 bridgehead atoms. The molecule has 0 radical (unpaired) electrons. The molecule has 3 heteroatoms. The summed E-state index contributed by atoms with van der Waals surface area (Å²) < 4.78 is 0. The van der Waals surface area contributed by atoms with E-state index >= 15 is 0 Å². The zero-order valence-electron chi connectivity index (χ0n) is 11.4. The number of aromatic nitrogens is 1. The average molecular weight is 267 g/mol. The van der Waals surface area contributed by atoms with Crippen molar-refractivity contribution in [1.29, 1.82) is 0 Å². The first-order valence-corrected chi connectivity index (χ1v) is 9.98. The molecular weight excluding hydrogens is 250 g/mol. The molecule has 3 rings (SSSR count). The minimum Gasteiger partial charge on any atom is -0.507 e. The van der Waals surface area contributed by atoms with Crippen molar-refractivity contribution >= 4 is 34.9 Å². The van der Waals surface area contributed by atoms with Crippen LogP contribution < -0.4 is 5.19 Å². The number of hydrogen-bond donors (Lipinski definition) is 1. The van der Waals surface area contributed by atoms with Gasteiger partial charge in [0, 0.05) is 17.0 Å². The first-order chi connectivity index (χ1) is 8.98. The minimum absolute atomic E-state index is 0.418. The Balaban J connectivity index is 2.50. The van der Waals surface area contributed by atoms with Crippen LogP contribution >= 0.6 is 0 Å². The lowest BCUT2D eigenvalue weighted by molar-refractivity contribution is 0.485. The third-order valence-corrected chi connectivity index (χ3v) is 5.56. The van der Waals surface area contributed by atoms with Gasteiger partial charge in [0.25, 0.3) is 0 Å². The highest BCUT2D eigenvalue weighted by Crippen LogP contribution is 2.30. The van der Waals surface area contributed by atoms with E-state index in [1.807, 2.05) is 42.6 Å². The number of phenols is 1. The maximum absolute atomic E-state index is 10.7.